The molecule has 0 aliphatic heterocycles. The maximum atomic E-state index is 6.63. The molecular formula is C47H27N3O2. The number of furan rings is 2. The fourth-order valence-corrected chi connectivity index (χ4v) is 7.72. The van der Waals surface area contributed by atoms with Crippen LogP contribution in [-0.2, 0) is 0 Å². The molecule has 0 amide bonds. The average Bonchev–Trinajstić information content (AvgIpc) is 3.80. The quantitative estimate of drug-likeness (QED) is 0.187. The monoisotopic (exact) mass is 665 g/mol. The number of fused-ring (bicyclic) bond motifs is 9. The third-order valence-electron chi connectivity index (χ3n) is 10.1. The van der Waals surface area contributed by atoms with Crippen LogP contribution in [0.4, 0.5) is 0 Å². The fraction of sp³-hybridized carbons (Fsp3) is 0. The van der Waals surface area contributed by atoms with Gasteiger partial charge in [0.1, 0.15) is 22.3 Å². The first kappa shape index (κ1) is 28.7. The van der Waals surface area contributed by atoms with Crippen LogP contribution in [-0.4, -0.2) is 15.0 Å². The topological polar surface area (TPSA) is 65.0 Å². The van der Waals surface area contributed by atoms with Gasteiger partial charge in [-0.25, -0.2) is 15.0 Å². The highest BCUT2D eigenvalue weighted by Crippen LogP contribution is 2.46. The first-order chi connectivity index (χ1) is 25.8. The predicted molar refractivity (Wildman–Crippen MR) is 211 cm³/mol. The Balaban J connectivity index is 1.22. The Morgan fingerprint density at radius 2 is 0.942 bits per heavy atom. The van der Waals surface area contributed by atoms with E-state index in [2.05, 4.69) is 103 Å². The SMILES string of the molecule is c1ccc(-c2nc(-c3ccc4ccccc4c3)nc(-c3cccc4oc5cccc(-c6cc7ccccc7c7oc8ccccc8c67)c5c34)n2)cc1. The molecule has 3 aromatic heterocycles. The minimum Gasteiger partial charge on any atom is -0.456 e. The molecule has 0 radical (unpaired) electrons. The fourth-order valence-electron chi connectivity index (χ4n) is 7.72. The molecule has 0 fully saturated rings. The van der Waals surface area contributed by atoms with Gasteiger partial charge in [-0.1, -0.05) is 133 Å². The molecule has 11 aromatic rings. The summed E-state index contributed by atoms with van der Waals surface area (Å²) < 4.78 is 13.2. The van der Waals surface area contributed by atoms with E-state index < -0.39 is 0 Å². The van der Waals surface area contributed by atoms with E-state index >= 15 is 0 Å². The minimum absolute atomic E-state index is 0.581. The van der Waals surface area contributed by atoms with Gasteiger partial charge < -0.3 is 8.83 Å². The van der Waals surface area contributed by atoms with Gasteiger partial charge in [0, 0.05) is 43.6 Å². The van der Waals surface area contributed by atoms with Crippen LogP contribution < -0.4 is 0 Å². The highest BCUT2D eigenvalue weighted by molar-refractivity contribution is 6.25. The van der Waals surface area contributed by atoms with Gasteiger partial charge in [-0.15, -0.1) is 0 Å². The normalized spacial score (nSPS) is 11.8. The van der Waals surface area contributed by atoms with E-state index in [4.69, 9.17) is 23.8 Å². The summed E-state index contributed by atoms with van der Waals surface area (Å²) >= 11 is 0. The highest BCUT2D eigenvalue weighted by Gasteiger charge is 2.23. The summed E-state index contributed by atoms with van der Waals surface area (Å²) in [5.41, 5.74) is 8.16. The largest absolute Gasteiger partial charge is 0.456 e. The van der Waals surface area contributed by atoms with Crippen LogP contribution in [0.2, 0.25) is 0 Å². The number of rotatable bonds is 4. The van der Waals surface area contributed by atoms with Crippen molar-refractivity contribution in [1.82, 2.24) is 15.0 Å². The van der Waals surface area contributed by atoms with Crippen LogP contribution in [0.15, 0.2) is 173 Å². The van der Waals surface area contributed by atoms with Crippen molar-refractivity contribution in [2.75, 3.05) is 0 Å². The van der Waals surface area contributed by atoms with Crippen molar-refractivity contribution in [2.24, 2.45) is 0 Å². The molecule has 0 saturated heterocycles. The number of benzene rings is 8. The zero-order valence-corrected chi connectivity index (χ0v) is 27.7. The Hall–Kier alpha value is -7.11. The van der Waals surface area contributed by atoms with Crippen LogP contribution >= 0.6 is 0 Å². The second kappa shape index (κ2) is 11.2. The Morgan fingerprint density at radius 1 is 0.327 bits per heavy atom. The molecule has 0 aliphatic rings. The molecule has 5 nitrogen and oxygen atoms in total. The lowest BCUT2D eigenvalue weighted by Crippen LogP contribution is -2.00. The lowest BCUT2D eigenvalue weighted by atomic mass is 9.92. The van der Waals surface area contributed by atoms with Gasteiger partial charge in [0.05, 0.1) is 0 Å². The van der Waals surface area contributed by atoms with E-state index in [1.54, 1.807) is 0 Å². The van der Waals surface area contributed by atoms with E-state index in [1.807, 2.05) is 60.7 Å². The second-order valence-corrected chi connectivity index (χ2v) is 13.1. The molecule has 0 unspecified atom stereocenters. The molecule has 0 aliphatic carbocycles. The van der Waals surface area contributed by atoms with Crippen molar-refractivity contribution < 1.29 is 8.83 Å². The minimum atomic E-state index is 0.581. The van der Waals surface area contributed by atoms with Crippen LogP contribution in [0.3, 0.4) is 0 Å². The van der Waals surface area contributed by atoms with Crippen LogP contribution in [0.25, 0.3) is 111 Å². The maximum Gasteiger partial charge on any atom is 0.164 e. The van der Waals surface area contributed by atoms with Gasteiger partial charge in [0.25, 0.3) is 0 Å². The molecule has 11 rings (SSSR count). The molecule has 0 atom stereocenters. The third kappa shape index (κ3) is 4.39. The van der Waals surface area contributed by atoms with Crippen molar-refractivity contribution in [2.45, 2.75) is 0 Å². The zero-order valence-electron chi connectivity index (χ0n) is 27.7. The lowest BCUT2D eigenvalue weighted by molar-refractivity contribution is 0.669. The third-order valence-corrected chi connectivity index (χ3v) is 10.1. The van der Waals surface area contributed by atoms with E-state index in [-0.39, 0.29) is 0 Å². The van der Waals surface area contributed by atoms with E-state index in [0.29, 0.717) is 17.5 Å². The van der Waals surface area contributed by atoms with Crippen molar-refractivity contribution in [3.05, 3.63) is 164 Å². The van der Waals surface area contributed by atoms with Crippen LogP contribution in [0.5, 0.6) is 0 Å². The smallest absolute Gasteiger partial charge is 0.164 e. The number of hydrogen-bond donors (Lipinski definition) is 0. The molecule has 242 valence electrons. The van der Waals surface area contributed by atoms with Gasteiger partial charge in [-0.3, -0.25) is 0 Å². The lowest BCUT2D eigenvalue weighted by Gasteiger charge is -2.11. The molecule has 0 bridgehead atoms. The van der Waals surface area contributed by atoms with E-state index in [0.717, 1.165) is 87.9 Å². The molecule has 3 heterocycles. The molecule has 5 heteroatoms. The summed E-state index contributed by atoms with van der Waals surface area (Å²) in [6.07, 6.45) is 0. The molecule has 0 N–H and O–H groups in total. The van der Waals surface area contributed by atoms with Gasteiger partial charge in [-0.2, -0.15) is 0 Å². The molecule has 8 aromatic carbocycles. The molecular weight excluding hydrogens is 639 g/mol. The number of hydrogen-bond acceptors (Lipinski definition) is 5. The Labute approximate surface area is 297 Å². The molecule has 52 heavy (non-hydrogen) atoms. The standard InChI is InChI=1S/C47H27N3O2/c1-2-13-29(14-3-1)45-48-46(32-25-24-28-12-4-5-15-30(28)26-32)50-47(49-45)36-20-11-23-40-43(36)42-34(19-10-22-39(42)51-40)37-27-31-16-6-7-17-33(31)44-41(37)35-18-8-9-21-38(35)52-44/h1-27H. The summed E-state index contributed by atoms with van der Waals surface area (Å²) in [6, 6.07) is 56.2. The summed E-state index contributed by atoms with van der Waals surface area (Å²) in [5, 5.41) is 8.61. The van der Waals surface area contributed by atoms with Crippen molar-refractivity contribution in [3.63, 3.8) is 0 Å². The Kier molecular flexibility index (Phi) is 6.18. The van der Waals surface area contributed by atoms with E-state index in [9.17, 15) is 0 Å². The van der Waals surface area contributed by atoms with Crippen LogP contribution in [0, 0.1) is 0 Å². The maximum absolute atomic E-state index is 6.63. The molecule has 0 saturated carbocycles. The Bertz CT molecular complexity index is 3190. The molecule has 0 spiro atoms. The van der Waals surface area contributed by atoms with Crippen molar-refractivity contribution >= 4 is 65.4 Å². The summed E-state index contributed by atoms with van der Waals surface area (Å²) in [5.74, 6) is 1.80. The summed E-state index contributed by atoms with van der Waals surface area (Å²) in [4.78, 5) is 15.4. The summed E-state index contributed by atoms with van der Waals surface area (Å²) in [6.45, 7) is 0. The van der Waals surface area contributed by atoms with Gasteiger partial charge >= 0.3 is 0 Å². The number of para-hydroxylation sites is 1. The average molecular weight is 666 g/mol. The predicted octanol–water partition coefficient (Wildman–Crippen LogP) is 12.6. The first-order valence-electron chi connectivity index (χ1n) is 17.4. The van der Waals surface area contributed by atoms with Crippen molar-refractivity contribution in [1.29, 1.82) is 0 Å². The number of aromatic nitrogens is 3. The second-order valence-electron chi connectivity index (χ2n) is 13.1. The van der Waals surface area contributed by atoms with Crippen molar-refractivity contribution in [3.8, 4) is 45.3 Å². The number of nitrogens with zero attached hydrogens (tertiary/aromatic N) is 3. The van der Waals surface area contributed by atoms with Gasteiger partial charge in [-0.05, 0) is 57.6 Å². The van der Waals surface area contributed by atoms with Crippen LogP contribution in [0.1, 0.15) is 0 Å². The first-order valence-corrected chi connectivity index (χ1v) is 17.4. The van der Waals surface area contributed by atoms with E-state index in [1.165, 1.54) is 5.39 Å². The van der Waals surface area contributed by atoms with Gasteiger partial charge in [0.15, 0.2) is 17.5 Å². The summed E-state index contributed by atoms with van der Waals surface area (Å²) in [7, 11) is 0. The highest BCUT2D eigenvalue weighted by atomic mass is 16.3. The van der Waals surface area contributed by atoms with Gasteiger partial charge in [0.2, 0.25) is 0 Å². The Morgan fingerprint density at radius 3 is 1.77 bits per heavy atom. The zero-order chi connectivity index (χ0) is 34.2.